The second-order valence-corrected chi connectivity index (χ2v) is 12.1. The molecule has 0 radical (unpaired) electrons. The fraction of sp³-hybridized carbons (Fsp3) is 0.517. The van der Waals surface area contributed by atoms with Gasteiger partial charge in [0.1, 0.15) is 5.82 Å². The molecule has 0 heterocycles. The van der Waals surface area contributed by atoms with Gasteiger partial charge in [-0.2, -0.15) is 0 Å². The highest BCUT2D eigenvalue weighted by atomic mass is 35.5. The summed E-state index contributed by atoms with van der Waals surface area (Å²) in [5.41, 5.74) is 2.75. The minimum absolute atomic E-state index is 0.0228. The Morgan fingerprint density at radius 3 is 2.21 bits per heavy atom. The van der Waals surface area contributed by atoms with Gasteiger partial charge < -0.3 is 26.2 Å². The second-order valence-electron chi connectivity index (χ2n) is 11.3. The summed E-state index contributed by atoms with van der Waals surface area (Å²) in [5.74, 6) is -0.0404. The lowest BCUT2D eigenvalue weighted by atomic mass is 10.0. The average Bonchev–Trinajstić information content (AvgIpc) is 3.17. The molecule has 10 heteroatoms. The van der Waals surface area contributed by atoms with Gasteiger partial charge in [-0.25, -0.2) is 4.39 Å². The van der Waals surface area contributed by atoms with Gasteiger partial charge in [0, 0.05) is 30.3 Å². The van der Waals surface area contributed by atoms with Crippen LogP contribution in [0.5, 0.6) is 0 Å². The number of anilines is 1. The van der Waals surface area contributed by atoms with Crippen LogP contribution in [0.25, 0.3) is 0 Å². The summed E-state index contributed by atoms with van der Waals surface area (Å²) in [6.07, 6.45) is 1.14. The summed E-state index contributed by atoms with van der Waals surface area (Å²) in [7, 11) is 0. The zero-order chi connectivity index (χ0) is 29.6. The van der Waals surface area contributed by atoms with Gasteiger partial charge in [0.25, 0.3) is 0 Å². The molecule has 0 aliphatic heterocycles. The van der Waals surface area contributed by atoms with Gasteiger partial charge in [0.2, 0.25) is 12.8 Å². The first-order valence-corrected chi connectivity index (χ1v) is 13.7. The number of aliphatic hydroxyl groups excluding tert-OH is 2. The predicted octanol–water partition coefficient (Wildman–Crippen LogP) is 5.51. The number of amides is 2. The molecular formula is C29H42Cl2FN3O4. The van der Waals surface area contributed by atoms with Gasteiger partial charge in [-0.3, -0.25) is 9.59 Å². The number of carbonyl (C=O) groups excluding carboxylic acids is 2. The molecule has 218 valence electrons. The molecule has 7 nitrogen and oxygen atoms in total. The third-order valence-corrected chi connectivity index (χ3v) is 6.15. The number of halogens is 3. The average molecular weight is 587 g/mol. The number of benzene rings is 2. The maximum atomic E-state index is 13.6. The van der Waals surface area contributed by atoms with Gasteiger partial charge in [-0.15, -0.1) is 0 Å². The number of rotatable bonds is 10. The first-order valence-electron chi connectivity index (χ1n) is 12.9. The van der Waals surface area contributed by atoms with E-state index in [-0.39, 0.29) is 16.9 Å². The van der Waals surface area contributed by atoms with Crippen molar-refractivity contribution in [2.75, 3.05) is 18.4 Å². The van der Waals surface area contributed by atoms with Gasteiger partial charge in [0.15, 0.2) is 0 Å². The fourth-order valence-corrected chi connectivity index (χ4v) is 4.12. The number of aliphatic hydroxyl groups is 2. The van der Waals surface area contributed by atoms with Gasteiger partial charge in [-0.1, -0.05) is 70.0 Å². The molecule has 39 heavy (non-hydrogen) atoms. The van der Waals surface area contributed by atoms with Crippen LogP contribution in [0.4, 0.5) is 10.1 Å². The SMILES string of the molecule is CC(C)(C)C.CC(CNCc1cc(F)c(Cl)cc1NC=O)c1cccc(Cl)c1.O=CNCC1CC(O)C(O)C1. The Labute approximate surface area is 241 Å². The molecule has 1 aliphatic rings. The van der Waals surface area contributed by atoms with Crippen LogP contribution < -0.4 is 16.0 Å². The van der Waals surface area contributed by atoms with Crippen molar-refractivity contribution in [3.8, 4) is 0 Å². The minimum atomic E-state index is -0.603. The number of nitrogens with one attached hydrogen (secondary N) is 3. The Bertz CT molecular complexity index is 1020. The molecule has 2 aromatic carbocycles. The van der Waals surface area contributed by atoms with Crippen molar-refractivity contribution in [1.29, 1.82) is 0 Å². The largest absolute Gasteiger partial charge is 0.390 e. The van der Waals surface area contributed by atoms with E-state index >= 15 is 0 Å². The number of hydrogen-bond acceptors (Lipinski definition) is 5. The predicted molar refractivity (Wildman–Crippen MR) is 157 cm³/mol. The molecule has 0 spiro atoms. The zero-order valence-electron chi connectivity index (χ0n) is 23.3. The molecule has 5 N–H and O–H groups in total. The van der Waals surface area contributed by atoms with E-state index < -0.39 is 18.0 Å². The van der Waals surface area contributed by atoms with E-state index in [0.717, 1.165) is 5.56 Å². The van der Waals surface area contributed by atoms with Crippen LogP contribution in [0.2, 0.25) is 10.0 Å². The van der Waals surface area contributed by atoms with Gasteiger partial charge in [-0.05, 0) is 65.5 Å². The van der Waals surface area contributed by atoms with E-state index in [2.05, 4.69) is 50.6 Å². The van der Waals surface area contributed by atoms with Crippen LogP contribution in [0.1, 0.15) is 64.5 Å². The lowest BCUT2D eigenvalue weighted by Crippen LogP contribution is -2.20. The maximum absolute atomic E-state index is 13.6. The monoisotopic (exact) mass is 585 g/mol. The Morgan fingerprint density at radius 1 is 1.05 bits per heavy atom. The summed E-state index contributed by atoms with van der Waals surface area (Å²) in [6, 6.07) is 10.4. The summed E-state index contributed by atoms with van der Waals surface area (Å²) < 4.78 is 13.6. The van der Waals surface area contributed by atoms with Crippen molar-refractivity contribution in [2.24, 2.45) is 11.3 Å². The van der Waals surface area contributed by atoms with E-state index in [1.807, 2.05) is 24.3 Å². The molecule has 2 amide bonds. The Kier molecular flexibility index (Phi) is 15.6. The first kappa shape index (κ1) is 34.8. The van der Waals surface area contributed by atoms with Gasteiger partial charge >= 0.3 is 0 Å². The topological polar surface area (TPSA) is 111 Å². The Hall–Kier alpha value is -2.23. The number of hydrogen-bond donors (Lipinski definition) is 5. The molecule has 2 aromatic rings. The fourth-order valence-electron chi connectivity index (χ4n) is 3.76. The first-order chi connectivity index (χ1) is 18.2. The lowest BCUT2D eigenvalue weighted by Gasteiger charge is -2.15. The van der Waals surface area contributed by atoms with E-state index in [4.69, 9.17) is 33.4 Å². The zero-order valence-corrected chi connectivity index (χ0v) is 24.8. The summed E-state index contributed by atoms with van der Waals surface area (Å²) in [5, 5.41) is 27.2. The molecular weight excluding hydrogens is 544 g/mol. The number of carbonyl (C=O) groups is 2. The molecule has 0 saturated heterocycles. The molecule has 1 fully saturated rings. The van der Waals surface area contributed by atoms with E-state index in [9.17, 15) is 14.0 Å². The summed E-state index contributed by atoms with van der Waals surface area (Å²) in [6.45, 7) is 12.5. The van der Waals surface area contributed by atoms with Crippen molar-refractivity contribution in [3.05, 3.63) is 63.4 Å². The Morgan fingerprint density at radius 2 is 1.67 bits per heavy atom. The van der Waals surface area contributed by atoms with Crippen molar-refractivity contribution in [1.82, 2.24) is 10.6 Å². The van der Waals surface area contributed by atoms with Crippen molar-refractivity contribution >= 4 is 41.7 Å². The molecule has 3 rings (SSSR count). The smallest absolute Gasteiger partial charge is 0.211 e. The highest BCUT2D eigenvalue weighted by Gasteiger charge is 2.30. The standard InChI is InChI=1S/C17H17Cl2FN2O.C7H13NO3.C5H12/c1-11(12-3-2-4-14(18)5-12)8-21-9-13-6-16(20)15(19)7-17(13)22-10-23;9-4-8-3-5-1-6(10)7(11)2-5;1-5(2,3)4/h2-7,10-11,21H,8-9H2,1H3,(H,22,23);4-7,10-11H,1-3H2,(H,8,9);1-4H3. The molecule has 0 aromatic heterocycles. The molecule has 3 unspecified atom stereocenters. The van der Waals surface area contributed by atoms with Crippen LogP contribution in [0, 0.1) is 17.2 Å². The van der Waals surface area contributed by atoms with E-state index in [1.54, 1.807) is 0 Å². The highest BCUT2D eigenvalue weighted by molar-refractivity contribution is 6.31. The third-order valence-electron chi connectivity index (χ3n) is 5.63. The van der Waals surface area contributed by atoms with Crippen molar-refractivity contribution in [3.63, 3.8) is 0 Å². The summed E-state index contributed by atoms with van der Waals surface area (Å²) >= 11 is 11.7. The molecule has 1 aliphatic carbocycles. The molecule has 0 bridgehead atoms. The second kappa shape index (κ2) is 17.5. The summed E-state index contributed by atoms with van der Waals surface area (Å²) in [4.78, 5) is 20.5. The van der Waals surface area contributed by atoms with Crippen LogP contribution in [0.15, 0.2) is 36.4 Å². The van der Waals surface area contributed by atoms with Crippen LogP contribution >= 0.6 is 23.2 Å². The van der Waals surface area contributed by atoms with Crippen LogP contribution in [-0.2, 0) is 16.1 Å². The third kappa shape index (κ3) is 14.6. The quantitative estimate of drug-likeness (QED) is 0.236. The Balaban J connectivity index is 0.000000392. The van der Waals surface area contributed by atoms with Crippen molar-refractivity contribution < 1.29 is 24.2 Å². The van der Waals surface area contributed by atoms with E-state index in [1.165, 1.54) is 12.1 Å². The van der Waals surface area contributed by atoms with Crippen molar-refractivity contribution in [2.45, 2.75) is 72.1 Å². The minimum Gasteiger partial charge on any atom is -0.390 e. The van der Waals surface area contributed by atoms with Gasteiger partial charge in [0.05, 0.1) is 17.2 Å². The normalized spacial score (nSPS) is 19.1. The van der Waals surface area contributed by atoms with E-state index in [0.29, 0.717) is 67.0 Å². The molecule has 1 saturated carbocycles. The highest BCUT2D eigenvalue weighted by Crippen LogP contribution is 2.26. The maximum Gasteiger partial charge on any atom is 0.211 e. The lowest BCUT2D eigenvalue weighted by molar-refractivity contribution is -0.109. The molecule has 3 atom stereocenters. The van der Waals surface area contributed by atoms with Crippen LogP contribution in [0.3, 0.4) is 0 Å². The van der Waals surface area contributed by atoms with Crippen LogP contribution in [-0.4, -0.2) is 48.3 Å².